The Bertz CT molecular complexity index is 588. The van der Waals surface area contributed by atoms with Crippen LogP contribution in [0.1, 0.15) is 18.9 Å². The van der Waals surface area contributed by atoms with Gasteiger partial charge in [0.05, 0.1) is 12.6 Å². The molecule has 1 atom stereocenters. The van der Waals surface area contributed by atoms with Gasteiger partial charge in [-0.05, 0) is 37.1 Å². The number of rotatable bonds is 8. The Hall–Kier alpha value is -2.40. The van der Waals surface area contributed by atoms with E-state index in [0.717, 1.165) is 11.3 Å². The standard InChI is InChI=1S/C18H23N3O2/c1-15(22)9-11-20-18(23)14-21(17-7-3-2-4-8-17)13-16-6-5-10-19-12-16/h2-8,10,12,15,22H,9,11,13-14H2,1H3,(H,20,23). The first kappa shape index (κ1) is 17.0. The van der Waals surface area contributed by atoms with Crippen LogP contribution in [-0.4, -0.2) is 35.2 Å². The van der Waals surface area contributed by atoms with Crippen LogP contribution in [0.4, 0.5) is 5.69 Å². The van der Waals surface area contributed by atoms with Crippen molar-refractivity contribution < 1.29 is 9.90 Å². The van der Waals surface area contributed by atoms with Gasteiger partial charge in [0.2, 0.25) is 5.91 Å². The first-order valence-corrected chi connectivity index (χ1v) is 7.79. The summed E-state index contributed by atoms with van der Waals surface area (Å²) >= 11 is 0. The third-order valence-corrected chi connectivity index (χ3v) is 3.44. The van der Waals surface area contributed by atoms with Crippen LogP contribution in [0.15, 0.2) is 54.9 Å². The maximum atomic E-state index is 12.1. The molecule has 0 fully saturated rings. The summed E-state index contributed by atoms with van der Waals surface area (Å²) in [6.07, 6.45) is 3.69. The molecule has 1 amide bonds. The zero-order valence-electron chi connectivity index (χ0n) is 13.4. The first-order chi connectivity index (χ1) is 11.1. The Balaban J connectivity index is 2.01. The summed E-state index contributed by atoms with van der Waals surface area (Å²) in [4.78, 5) is 18.3. The van der Waals surface area contributed by atoms with E-state index in [2.05, 4.69) is 10.3 Å². The number of carbonyl (C=O) groups excluding carboxylic acids is 1. The van der Waals surface area contributed by atoms with E-state index < -0.39 is 6.10 Å². The second-order valence-electron chi connectivity index (χ2n) is 5.54. The molecule has 1 aromatic carbocycles. The van der Waals surface area contributed by atoms with Gasteiger partial charge in [0, 0.05) is 31.2 Å². The van der Waals surface area contributed by atoms with Crippen LogP contribution >= 0.6 is 0 Å². The topological polar surface area (TPSA) is 65.5 Å². The Morgan fingerprint density at radius 1 is 1.26 bits per heavy atom. The lowest BCUT2D eigenvalue weighted by molar-refractivity contribution is -0.119. The zero-order chi connectivity index (χ0) is 16.5. The number of amides is 1. The summed E-state index contributed by atoms with van der Waals surface area (Å²) in [6, 6.07) is 13.7. The van der Waals surface area contributed by atoms with Crippen molar-refractivity contribution in [1.29, 1.82) is 0 Å². The molecule has 0 saturated carbocycles. The Labute approximate surface area is 137 Å². The molecule has 0 aliphatic heterocycles. The summed E-state index contributed by atoms with van der Waals surface area (Å²) in [5.41, 5.74) is 2.04. The van der Waals surface area contributed by atoms with Gasteiger partial charge in [0.1, 0.15) is 0 Å². The number of hydrogen-bond acceptors (Lipinski definition) is 4. The number of carbonyl (C=O) groups is 1. The van der Waals surface area contributed by atoms with E-state index in [0.29, 0.717) is 19.5 Å². The molecule has 1 unspecified atom stereocenters. The highest BCUT2D eigenvalue weighted by molar-refractivity contribution is 5.81. The van der Waals surface area contributed by atoms with Crippen molar-refractivity contribution in [3.63, 3.8) is 0 Å². The van der Waals surface area contributed by atoms with Crippen LogP contribution in [0.2, 0.25) is 0 Å². The number of nitrogens with zero attached hydrogens (tertiary/aromatic N) is 2. The lowest BCUT2D eigenvalue weighted by Crippen LogP contribution is -2.38. The minimum atomic E-state index is -0.407. The lowest BCUT2D eigenvalue weighted by Gasteiger charge is -2.24. The predicted octanol–water partition coefficient (Wildman–Crippen LogP) is 1.98. The number of aliphatic hydroxyl groups is 1. The van der Waals surface area contributed by atoms with Crippen LogP contribution in [0.5, 0.6) is 0 Å². The number of aliphatic hydroxyl groups excluding tert-OH is 1. The van der Waals surface area contributed by atoms with Crippen LogP contribution in [-0.2, 0) is 11.3 Å². The van der Waals surface area contributed by atoms with Gasteiger partial charge in [-0.1, -0.05) is 24.3 Å². The van der Waals surface area contributed by atoms with Gasteiger partial charge in [-0.3, -0.25) is 9.78 Å². The smallest absolute Gasteiger partial charge is 0.239 e. The second-order valence-corrected chi connectivity index (χ2v) is 5.54. The van der Waals surface area contributed by atoms with Crippen molar-refractivity contribution >= 4 is 11.6 Å². The van der Waals surface area contributed by atoms with Crippen molar-refractivity contribution in [1.82, 2.24) is 10.3 Å². The van der Waals surface area contributed by atoms with Crippen molar-refractivity contribution in [3.05, 3.63) is 60.4 Å². The van der Waals surface area contributed by atoms with E-state index in [1.807, 2.05) is 47.4 Å². The number of nitrogens with one attached hydrogen (secondary N) is 1. The van der Waals surface area contributed by atoms with Gasteiger partial charge in [0.15, 0.2) is 0 Å². The molecule has 1 heterocycles. The molecular formula is C18H23N3O2. The number of benzene rings is 1. The highest BCUT2D eigenvalue weighted by atomic mass is 16.3. The number of pyridine rings is 1. The molecule has 0 radical (unpaired) electrons. The minimum absolute atomic E-state index is 0.0570. The molecule has 2 rings (SSSR count). The van der Waals surface area contributed by atoms with E-state index in [4.69, 9.17) is 0 Å². The summed E-state index contributed by atoms with van der Waals surface area (Å²) in [6.45, 7) is 3.07. The van der Waals surface area contributed by atoms with Gasteiger partial charge >= 0.3 is 0 Å². The fraction of sp³-hybridized carbons (Fsp3) is 0.333. The molecular weight excluding hydrogens is 290 g/mol. The Morgan fingerprint density at radius 3 is 2.70 bits per heavy atom. The van der Waals surface area contributed by atoms with Crippen molar-refractivity contribution in [2.45, 2.75) is 26.0 Å². The maximum absolute atomic E-state index is 12.1. The number of para-hydroxylation sites is 1. The molecule has 0 saturated heterocycles. The zero-order valence-corrected chi connectivity index (χ0v) is 13.4. The summed E-state index contributed by atoms with van der Waals surface area (Å²) in [5, 5.41) is 12.1. The van der Waals surface area contributed by atoms with Crippen LogP contribution in [0.25, 0.3) is 0 Å². The fourth-order valence-corrected chi connectivity index (χ4v) is 2.24. The molecule has 5 nitrogen and oxygen atoms in total. The highest BCUT2D eigenvalue weighted by Gasteiger charge is 2.12. The van der Waals surface area contributed by atoms with E-state index in [1.54, 1.807) is 19.3 Å². The van der Waals surface area contributed by atoms with Crippen molar-refractivity contribution in [2.75, 3.05) is 18.0 Å². The van der Waals surface area contributed by atoms with E-state index in [-0.39, 0.29) is 12.5 Å². The molecule has 0 bridgehead atoms. The van der Waals surface area contributed by atoms with Crippen LogP contribution in [0, 0.1) is 0 Å². The molecule has 2 aromatic rings. The largest absolute Gasteiger partial charge is 0.393 e. The number of aromatic nitrogens is 1. The molecule has 0 aliphatic rings. The van der Waals surface area contributed by atoms with E-state index in [9.17, 15) is 9.90 Å². The van der Waals surface area contributed by atoms with Crippen LogP contribution in [0.3, 0.4) is 0 Å². The quantitative estimate of drug-likeness (QED) is 0.782. The van der Waals surface area contributed by atoms with Gasteiger partial charge in [-0.2, -0.15) is 0 Å². The molecule has 2 N–H and O–H groups in total. The second kappa shape index (κ2) is 8.90. The minimum Gasteiger partial charge on any atom is -0.393 e. The average Bonchev–Trinajstić information content (AvgIpc) is 2.56. The fourth-order valence-electron chi connectivity index (χ4n) is 2.24. The average molecular weight is 313 g/mol. The van der Waals surface area contributed by atoms with E-state index >= 15 is 0 Å². The molecule has 0 spiro atoms. The molecule has 23 heavy (non-hydrogen) atoms. The third kappa shape index (κ3) is 6.08. The summed E-state index contributed by atoms with van der Waals surface area (Å²) < 4.78 is 0. The molecule has 122 valence electrons. The third-order valence-electron chi connectivity index (χ3n) is 3.44. The highest BCUT2D eigenvalue weighted by Crippen LogP contribution is 2.16. The molecule has 1 aromatic heterocycles. The lowest BCUT2D eigenvalue weighted by atomic mass is 10.2. The Kier molecular flexibility index (Phi) is 6.56. The first-order valence-electron chi connectivity index (χ1n) is 7.79. The van der Waals surface area contributed by atoms with E-state index in [1.165, 1.54) is 0 Å². The van der Waals surface area contributed by atoms with Gasteiger partial charge in [-0.15, -0.1) is 0 Å². The maximum Gasteiger partial charge on any atom is 0.239 e. The molecule has 5 heteroatoms. The van der Waals surface area contributed by atoms with Gasteiger partial charge in [0.25, 0.3) is 0 Å². The van der Waals surface area contributed by atoms with Gasteiger partial charge in [-0.25, -0.2) is 0 Å². The normalized spacial score (nSPS) is 11.7. The summed E-state index contributed by atoms with van der Waals surface area (Å²) in [7, 11) is 0. The monoisotopic (exact) mass is 313 g/mol. The number of anilines is 1. The van der Waals surface area contributed by atoms with Crippen LogP contribution < -0.4 is 10.2 Å². The molecule has 0 aliphatic carbocycles. The van der Waals surface area contributed by atoms with Gasteiger partial charge < -0.3 is 15.3 Å². The van der Waals surface area contributed by atoms with Crippen molar-refractivity contribution in [3.8, 4) is 0 Å². The Morgan fingerprint density at radius 2 is 2.04 bits per heavy atom. The SMILES string of the molecule is CC(O)CCNC(=O)CN(Cc1cccnc1)c1ccccc1. The summed E-state index contributed by atoms with van der Waals surface area (Å²) in [5.74, 6) is -0.0570. The predicted molar refractivity (Wildman–Crippen MR) is 91.0 cm³/mol. The number of hydrogen-bond donors (Lipinski definition) is 2. The van der Waals surface area contributed by atoms with Crippen molar-refractivity contribution in [2.24, 2.45) is 0 Å².